The van der Waals surface area contributed by atoms with Crippen LogP contribution in [-0.4, -0.2) is 26.0 Å². The van der Waals surface area contributed by atoms with Crippen molar-refractivity contribution in [3.05, 3.63) is 0 Å². The van der Waals surface area contributed by atoms with Crippen molar-refractivity contribution in [2.24, 2.45) is 5.41 Å². The number of hydrogen-bond donors (Lipinski definition) is 1. The van der Waals surface area contributed by atoms with Gasteiger partial charge in [0.25, 0.3) is 11.3 Å². The van der Waals surface area contributed by atoms with Gasteiger partial charge in [0.05, 0.1) is 0 Å². The maximum atomic E-state index is 11.2. The predicted molar refractivity (Wildman–Crippen MR) is 43.0 cm³/mol. The Morgan fingerprint density at radius 3 is 1.91 bits per heavy atom. The van der Waals surface area contributed by atoms with Crippen molar-refractivity contribution in [3.8, 4) is 0 Å². The predicted octanol–water partition coefficient (Wildman–Crippen LogP) is 0.628. The summed E-state index contributed by atoms with van der Waals surface area (Å²) >= 11 is -2.20. The van der Waals surface area contributed by atoms with Crippen LogP contribution >= 0.6 is 0 Å². The molecule has 0 saturated heterocycles. The Bertz CT molecular complexity index is 185. The fraction of sp³-hybridized carbons (Fsp3) is 0.833. The van der Waals surface area contributed by atoms with Gasteiger partial charge in [0, 0.05) is 12.5 Å². The van der Waals surface area contributed by atoms with Gasteiger partial charge >= 0.3 is 0 Å². The summed E-state index contributed by atoms with van der Waals surface area (Å²) in [6.45, 7) is 5.08. The highest BCUT2D eigenvalue weighted by atomic mass is 32.2. The van der Waals surface area contributed by atoms with E-state index in [2.05, 4.69) is 0 Å². The molecule has 1 N–H and O–H groups in total. The summed E-state index contributed by atoms with van der Waals surface area (Å²) in [7, 11) is 1.30. The van der Waals surface area contributed by atoms with Crippen molar-refractivity contribution in [3.63, 3.8) is 0 Å². The average Bonchev–Trinajstić information content (AvgIpc) is 1.82. The molecule has 0 fully saturated rings. The molecule has 0 aliphatic heterocycles. The van der Waals surface area contributed by atoms with Crippen LogP contribution in [0.25, 0.3) is 0 Å². The highest BCUT2D eigenvalue weighted by Crippen LogP contribution is 2.16. The Hall–Kier alpha value is -0.420. The third-order valence-corrected chi connectivity index (χ3v) is 1.80. The van der Waals surface area contributed by atoms with Crippen molar-refractivity contribution in [2.45, 2.75) is 20.8 Å². The molecule has 1 atom stereocenters. The number of rotatable bonds is 1. The van der Waals surface area contributed by atoms with Gasteiger partial charge in [-0.05, 0) is 0 Å². The molecule has 0 aliphatic carbocycles. The SMILES string of the molecule is CN(C(=O)C(C)(C)C)S(=O)O. The van der Waals surface area contributed by atoms with Gasteiger partial charge in [0.1, 0.15) is 0 Å². The molecule has 1 unspecified atom stereocenters. The molecule has 0 aromatic heterocycles. The molecule has 0 aromatic rings. The Balaban J connectivity index is 4.39. The first kappa shape index (κ1) is 10.6. The highest BCUT2D eigenvalue weighted by molar-refractivity contribution is 7.77. The fourth-order valence-electron chi connectivity index (χ4n) is 0.543. The van der Waals surface area contributed by atoms with Crippen molar-refractivity contribution in [1.29, 1.82) is 0 Å². The lowest BCUT2D eigenvalue weighted by Gasteiger charge is -2.22. The molecule has 1 amide bonds. The van der Waals surface area contributed by atoms with Crippen molar-refractivity contribution < 1.29 is 13.6 Å². The van der Waals surface area contributed by atoms with Crippen molar-refractivity contribution in [1.82, 2.24) is 4.31 Å². The van der Waals surface area contributed by atoms with E-state index in [-0.39, 0.29) is 5.91 Å². The normalized spacial score (nSPS) is 14.3. The van der Waals surface area contributed by atoms with Crippen LogP contribution in [0.3, 0.4) is 0 Å². The Labute approximate surface area is 69.0 Å². The minimum atomic E-state index is -2.20. The lowest BCUT2D eigenvalue weighted by molar-refractivity contribution is -0.133. The van der Waals surface area contributed by atoms with Crippen LogP contribution in [0.1, 0.15) is 20.8 Å². The Morgan fingerprint density at radius 1 is 1.45 bits per heavy atom. The fourth-order valence-corrected chi connectivity index (χ4v) is 0.959. The lowest BCUT2D eigenvalue weighted by atomic mass is 9.96. The standard InChI is InChI=1S/C6H13NO3S/c1-6(2,3)5(8)7(4)11(9)10/h1-4H3,(H,9,10). The van der Waals surface area contributed by atoms with Gasteiger partial charge in [-0.15, -0.1) is 0 Å². The Kier molecular flexibility index (Phi) is 3.19. The van der Waals surface area contributed by atoms with Crippen LogP contribution in [0.5, 0.6) is 0 Å². The maximum Gasteiger partial charge on any atom is 0.263 e. The van der Waals surface area contributed by atoms with Crippen LogP contribution in [-0.2, 0) is 16.1 Å². The zero-order chi connectivity index (χ0) is 9.23. The second-order valence-electron chi connectivity index (χ2n) is 3.28. The van der Waals surface area contributed by atoms with E-state index in [1.54, 1.807) is 20.8 Å². The number of nitrogens with zero attached hydrogens (tertiary/aromatic N) is 1. The van der Waals surface area contributed by atoms with Crippen LogP contribution < -0.4 is 0 Å². The zero-order valence-electron chi connectivity index (χ0n) is 7.12. The molecular weight excluding hydrogens is 166 g/mol. The van der Waals surface area contributed by atoms with Crippen LogP contribution in [0.2, 0.25) is 0 Å². The number of hydrogen-bond acceptors (Lipinski definition) is 2. The molecule has 0 rings (SSSR count). The van der Waals surface area contributed by atoms with Gasteiger partial charge in [-0.2, -0.15) is 0 Å². The summed E-state index contributed by atoms with van der Waals surface area (Å²) in [5, 5.41) is 0. The van der Waals surface area contributed by atoms with E-state index in [4.69, 9.17) is 4.55 Å². The van der Waals surface area contributed by atoms with Crippen molar-refractivity contribution >= 4 is 17.2 Å². The third-order valence-electron chi connectivity index (χ3n) is 1.16. The summed E-state index contributed by atoms with van der Waals surface area (Å²) in [5.41, 5.74) is -0.604. The first-order valence-electron chi connectivity index (χ1n) is 3.16. The molecule has 0 radical (unpaired) electrons. The third kappa shape index (κ3) is 2.98. The second-order valence-corrected chi connectivity index (χ2v) is 4.29. The smallest absolute Gasteiger partial charge is 0.263 e. The topological polar surface area (TPSA) is 57.6 Å². The van der Waals surface area contributed by atoms with Gasteiger partial charge in [0.2, 0.25) is 5.91 Å². The van der Waals surface area contributed by atoms with Crippen LogP contribution in [0.4, 0.5) is 0 Å². The van der Waals surface area contributed by atoms with E-state index >= 15 is 0 Å². The van der Waals surface area contributed by atoms with E-state index in [1.807, 2.05) is 0 Å². The van der Waals surface area contributed by atoms with E-state index in [1.165, 1.54) is 7.05 Å². The average molecular weight is 179 g/mol. The quantitative estimate of drug-likeness (QED) is 0.600. The summed E-state index contributed by atoms with van der Waals surface area (Å²) in [4.78, 5) is 11.2. The van der Waals surface area contributed by atoms with Crippen LogP contribution in [0.15, 0.2) is 0 Å². The Morgan fingerprint density at radius 2 is 1.82 bits per heavy atom. The largest absolute Gasteiger partial charge is 0.289 e. The molecule has 0 aromatic carbocycles. The van der Waals surface area contributed by atoms with Gasteiger partial charge in [0.15, 0.2) is 0 Å². The van der Waals surface area contributed by atoms with Gasteiger partial charge in [-0.1, -0.05) is 20.8 Å². The minimum absolute atomic E-state index is 0.349. The molecule has 4 nitrogen and oxygen atoms in total. The van der Waals surface area contributed by atoms with Gasteiger partial charge < -0.3 is 0 Å². The van der Waals surface area contributed by atoms with E-state index in [0.717, 1.165) is 4.31 Å². The molecule has 5 heteroatoms. The molecule has 0 aliphatic rings. The molecule has 0 heterocycles. The number of carbonyl (C=O) groups is 1. The first-order valence-corrected chi connectivity index (χ1v) is 4.22. The van der Waals surface area contributed by atoms with E-state index in [0.29, 0.717) is 0 Å². The summed E-state index contributed by atoms with van der Waals surface area (Å²) in [6.07, 6.45) is 0. The zero-order valence-corrected chi connectivity index (χ0v) is 7.94. The first-order chi connectivity index (χ1) is 4.76. The van der Waals surface area contributed by atoms with E-state index in [9.17, 15) is 9.00 Å². The van der Waals surface area contributed by atoms with Crippen molar-refractivity contribution in [2.75, 3.05) is 7.05 Å². The molecule has 11 heavy (non-hydrogen) atoms. The lowest BCUT2D eigenvalue weighted by Crippen LogP contribution is -2.37. The molecular formula is C6H13NO3S. The summed E-state index contributed by atoms with van der Waals surface area (Å²) in [6, 6.07) is 0. The summed E-state index contributed by atoms with van der Waals surface area (Å²) in [5.74, 6) is -0.349. The molecule has 66 valence electrons. The second kappa shape index (κ2) is 3.32. The van der Waals surface area contributed by atoms with Crippen LogP contribution in [0, 0.1) is 5.41 Å². The van der Waals surface area contributed by atoms with Gasteiger partial charge in [-0.3, -0.25) is 9.35 Å². The number of amides is 1. The molecule has 0 saturated carbocycles. The van der Waals surface area contributed by atoms with Gasteiger partial charge in [-0.25, -0.2) is 8.51 Å². The minimum Gasteiger partial charge on any atom is -0.289 e. The number of carbonyl (C=O) groups excluding carboxylic acids is 1. The summed E-state index contributed by atoms with van der Waals surface area (Å²) < 4.78 is 19.7. The monoisotopic (exact) mass is 179 g/mol. The maximum absolute atomic E-state index is 11.2. The molecule has 0 bridgehead atoms. The van der Waals surface area contributed by atoms with E-state index < -0.39 is 16.7 Å². The molecule has 0 spiro atoms. The highest BCUT2D eigenvalue weighted by Gasteiger charge is 2.27.